The molecule has 1 aliphatic heterocycles. The number of hydrogen-bond acceptors (Lipinski definition) is 5. The molecule has 1 N–H and O–H groups in total. The lowest BCUT2D eigenvalue weighted by atomic mass is 9.59. The second kappa shape index (κ2) is 7.34. The summed E-state index contributed by atoms with van der Waals surface area (Å²) >= 11 is 0. The van der Waals surface area contributed by atoms with Gasteiger partial charge in [0.25, 0.3) is 0 Å². The Morgan fingerprint density at radius 2 is 2.07 bits per heavy atom. The fourth-order valence-electron chi connectivity index (χ4n) is 5.62. The van der Waals surface area contributed by atoms with Crippen LogP contribution in [0.4, 0.5) is 0 Å². The lowest BCUT2D eigenvalue weighted by Crippen LogP contribution is -2.61. The third-order valence-corrected chi connectivity index (χ3v) is 6.90. The van der Waals surface area contributed by atoms with E-state index in [4.69, 9.17) is 0 Å². The van der Waals surface area contributed by atoms with Gasteiger partial charge in [-0.3, -0.25) is 10.1 Å². The van der Waals surface area contributed by atoms with Crippen molar-refractivity contribution in [2.45, 2.75) is 76.4 Å². The van der Waals surface area contributed by atoms with E-state index in [9.17, 15) is 4.79 Å². The maximum Gasteiger partial charge on any atom is 0.246 e. The molecule has 7 heteroatoms. The predicted molar refractivity (Wildman–Crippen MR) is 103 cm³/mol. The minimum Gasteiger partial charge on any atom is -0.338 e. The van der Waals surface area contributed by atoms with E-state index in [0.717, 1.165) is 44.1 Å². The zero-order valence-corrected chi connectivity index (χ0v) is 16.6. The molecule has 2 heterocycles. The van der Waals surface area contributed by atoms with Crippen LogP contribution in [0.25, 0.3) is 0 Å². The summed E-state index contributed by atoms with van der Waals surface area (Å²) in [6.07, 6.45) is 9.78. The minimum atomic E-state index is -0.167. The average Bonchev–Trinajstić information content (AvgIpc) is 3.19. The number of aromatic nitrogens is 4. The molecule has 4 aliphatic rings. The molecule has 0 radical (unpaired) electrons. The van der Waals surface area contributed by atoms with Gasteiger partial charge < -0.3 is 4.90 Å². The molecule has 3 saturated carbocycles. The Labute approximate surface area is 161 Å². The highest BCUT2D eigenvalue weighted by Gasteiger charge is 2.52. The molecule has 1 aromatic rings. The van der Waals surface area contributed by atoms with Crippen LogP contribution >= 0.6 is 0 Å². The van der Waals surface area contributed by atoms with Crippen molar-refractivity contribution in [1.82, 2.24) is 30.4 Å². The average molecular weight is 373 g/mol. The largest absolute Gasteiger partial charge is 0.338 e. The van der Waals surface area contributed by atoms with E-state index >= 15 is 0 Å². The first-order valence-electron chi connectivity index (χ1n) is 10.5. The number of nitrogens with one attached hydrogen (secondary N) is 1. The van der Waals surface area contributed by atoms with Gasteiger partial charge in [0.05, 0.1) is 11.6 Å². The van der Waals surface area contributed by atoms with Crippen LogP contribution in [0.1, 0.15) is 70.7 Å². The Kier molecular flexibility index (Phi) is 5.05. The van der Waals surface area contributed by atoms with Crippen LogP contribution in [-0.4, -0.2) is 50.1 Å². The van der Waals surface area contributed by atoms with Gasteiger partial charge in [-0.15, -0.1) is 5.10 Å². The highest BCUT2D eigenvalue weighted by molar-refractivity contribution is 5.87. The Balaban J connectivity index is 1.64. The zero-order valence-electron chi connectivity index (χ0n) is 16.6. The lowest BCUT2D eigenvalue weighted by Gasteiger charge is -2.53. The topological polar surface area (TPSA) is 75.9 Å². The monoisotopic (exact) mass is 372 g/mol. The van der Waals surface area contributed by atoms with Crippen molar-refractivity contribution in [3.8, 4) is 0 Å². The van der Waals surface area contributed by atoms with Gasteiger partial charge in [-0.25, -0.2) is 4.68 Å². The van der Waals surface area contributed by atoms with Crippen molar-refractivity contribution in [3.05, 3.63) is 18.5 Å². The van der Waals surface area contributed by atoms with E-state index in [0.29, 0.717) is 5.92 Å². The van der Waals surface area contributed by atoms with Gasteiger partial charge in [0, 0.05) is 19.1 Å². The molecule has 2 atom stereocenters. The second-order valence-electron chi connectivity index (χ2n) is 8.91. The third kappa shape index (κ3) is 3.30. The molecule has 5 rings (SSSR count). The fourth-order valence-corrected chi connectivity index (χ4v) is 5.62. The quantitative estimate of drug-likeness (QED) is 0.804. The molecule has 1 saturated heterocycles. The molecular weight excluding hydrogens is 340 g/mol. The zero-order chi connectivity index (χ0) is 19.0. The number of tetrazole rings is 1. The highest BCUT2D eigenvalue weighted by atomic mass is 16.2. The van der Waals surface area contributed by atoms with Crippen LogP contribution in [0, 0.1) is 11.8 Å². The number of carbonyl (C=O) groups excluding carboxylic acids is 1. The second-order valence-corrected chi connectivity index (χ2v) is 8.91. The number of piperidine rings is 1. The molecule has 2 unspecified atom stereocenters. The third-order valence-electron chi connectivity index (χ3n) is 6.90. The molecule has 148 valence electrons. The number of likely N-dealkylation sites (tertiary alicyclic amines) is 1. The summed E-state index contributed by atoms with van der Waals surface area (Å²) in [5, 5.41) is 16.9. The molecule has 2 bridgehead atoms. The number of carbonyl (C=O) groups is 1. The first-order chi connectivity index (χ1) is 13.0. The summed E-state index contributed by atoms with van der Waals surface area (Å²) in [5.74, 6) is 2.34. The van der Waals surface area contributed by atoms with Crippen molar-refractivity contribution in [1.29, 1.82) is 0 Å². The normalized spacial score (nSPS) is 33.4. The van der Waals surface area contributed by atoms with Crippen molar-refractivity contribution in [2.75, 3.05) is 13.1 Å². The van der Waals surface area contributed by atoms with Crippen LogP contribution in [0.5, 0.6) is 0 Å². The van der Waals surface area contributed by atoms with E-state index in [1.165, 1.54) is 31.8 Å². The van der Waals surface area contributed by atoms with E-state index in [1.54, 1.807) is 0 Å². The molecule has 1 aromatic heterocycles. The number of amides is 1. The number of rotatable bonds is 5. The summed E-state index contributed by atoms with van der Waals surface area (Å²) in [6, 6.07) is 0.513. The Hall–Kier alpha value is -1.76. The summed E-state index contributed by atoms with van der Waals surface area (Å²) in [7, 11) is 0. The molecule has 7 nitrogen and oxygen atoms in total. The predicted octanol–water partition coefficient (Wildman–Crippen LogP) is 2.43. The summed E-state index contributed by atoms with van der Waals surface area (Å²) in [6.45, 7) is 9.50. The first-order valence-corrected chi connectivity index (χ1v) is 10.5. The maximum atomic E-state index is 12.1. The number of nitrogens with zero attached hydrogens (tertiary/aromatic N) is 5. The van der Waals surface area contributed by atoms with Gasteiger partial charge in [-0.1, -0.05) is 19.4 Å². The summed E-state index contributed by atoms with van der Waals surface area (Å²) in [4.78, 5) is 14.1. The Morgan fingerprint density at radius 3 is 2.70 bits per heavy atom. The van der Waals surface area contributed by atoms with E-state index in [-0.39, 0.29) is 23.5 Å². The molecule has 0 spiro atoms. The van der Waals surface area contributed by atoms with Gasteiger partial charge >= 0.3 is 0 Å². The Morgan fingerprint density at radius 1 is 1.30 bits per heavy atom. The molecule has 1 amide bonds. The molecular formula is C20H32N6O. The highest BCUT2D eigenvalue weighted by Crippen LogP contribution is 2.52. The minimum absolute atomic E-state index is 0.0349. The van der Waals surface area contributed by atoms with Crippen molar-refractivity contribution >= 4 is 5.91 Å². The van der Waals surface area contributed by atoms with Gasteiger partial charge in [-0.05, 0) is 74.3 Å². The molecule has 27 heavy (non-hydrogen) atoms. The van der Waals surface area contributed by atoms with Crippen LogP contribution in [-0.2, 0) is 10.3 Å². The van der Waals surface area contributed by atoms with E-state index in [1.807, 2.05) is 9.58 Å². The van der Waals surface area contributed by atoms with Crippen LogP contribution in [0.2, 0.25) is 0 Å². The molecule has 0 aromatic carbocycles. The van der Waals surface area contributed by atoms with E-state index < -0.39 is 0 Å². The number of hydrogen-bond donors (Lipinski definition) is 1. The smallest absolute Gasteiger partial charge is 0.246 e. The molecule has 3 aliphatic carbocycles. The van der Waals surface area contributed by atoms with Gasteiger partial charge in [0.1, 0.15) is 0 Å². The van der Waals surface area contributed by atoms with Gasteiger partial charge in [-0.2, -0.15) is 0 Å². The van der Waals surface area contributed by atoms with Crippen molar-refractivity contribution in [3.63, 3.8) is 0 Å². The summed E-state index contributed by atoms with van der Waals surface area (Å²) < 4.78 is 2.00. The maximum absolute atomic E-state index is 12.1. The number of fused-ring (bicyclic) bond motifs is 3. The van der Waals surface area contributed by atoms with Crippen LogP contribution < -0.4 is 5.32 Å². The Bertz CT molecular complexity index is 692. The molecule has 4 fully saturated rings. The van der Waals surface area contributed by atoms with Gasteiger partial charge in [0.15, 0.2) is 5.82 Å². The van der Waals surface area contributed by atoms with Crippen LogP contribution in [0.3, 0.4) is 0 Å². The van der Waals surface area contributed by atoms with Gasteiger partial charge in [0.2, 0.25) is 5.91 Å². The van der Waals surface area contributed by atoms with Crippen molar-refractivity contribution in [2.24, 2.45) is 11.8 Å². The summed E-state index contributed by atoms with van der Waals surface area (Å²) in [5.41, 5.74) is -0.167. The van der Waals surface area contributed by atoms with Crippen LogP contribution in [0.15, 0.2) is 12.7 Å². The van der Waals surface area contributed by atoms with Crippen molar-refractivity contribution < 1.29 is 4.79 Å². The standard InChI is InChI=1S/C20H32N6O/c1-4-18(27)25-11-5-6-17(13-25)21-20(12-15-7-9-16(20)10-8-15)19-22-23-24-26(19)14(2)3/h4,14-17,21H,1,5-13H2,2-3H3. The fraction of sp³-hybridized carbons (Fsp3) is 0.800. The first kappa shape index (κ1) is 18.6. The van der Waals surface area contributed by atoms with E-state index in [2.05, 4.69) is 41.3 Å². The lowest BCUT2D eigenvalue weighted by molar-refractivity contribution is -0.127. The SMILES string of the molecule is C=CC(=O)N1CCCC(NC2(c3nnnn3C(C)C)CC3CCC2CC3)C1.